The van der Waals surface area contributed by atoms with E-state index in [0.29, 0.717) is 31.9 Å². The van der Waals surface area contributed by atoms with Crippen molar-refractivity contribution in [2.24, 2.45) is 17.9 Å². The third-order valence-electron chi connectivity index (χ3n) is 3.73. The van der Waals surface area contributed by atoms with Crippen molar-refractivity contribution in [3.63, 3.8) is 0 Å². The number of oxime groups is 1. The number of rotatable bonds is 3. The molecule has 0 aliphatic carbocycles. The van der Waals surface area contributed by atoms with Gasteiger partial charge in [-0.15, -0.1) is 0 Å². The van der Waals surface area contributed by atoms with Crippen LogP contribution in [-0.4, -0.2) is 68.5 Å². The molecule has 1 fully saturated rings. The molecule has 1 atom stereocenters. The maximum absolute atomic E-state index is 12.3. The van der Waals surface area contributed by atoms with Crippen LogP contribution in [0.25, 0.3) is 0 Å². The molecule has 1 aromatic heterocycles. The molecule has 3 N–H and O–H groups in total. The Labute approximate surface area is 117 Å². The zero-order valence-corrected chi connectivity index (χ0v) is 11.7. The summed E-state index contributed by atoms with van der Waals surface area (Å²) in [5, 5.41) is 11.7. The molecule has 0 radical (unpaired) electrons. The van der Waals surface area contributed by atoms with E-state index in [1.165, 1.54) is 0 Å². The summed E-state index contributed by atoms with van der Waals surface area (Å²) in [5.74, 6) is 0.178. The molecule has 8 heteroatoms. The van der Waals surface area contributed by atoms with Crippen LogP contribution in [0.1, 0.15) is 17.4 Å². The number of carbonyl (C=O) groups is 1. The van der Waals surface area contributed by atoms with Crippen molar-refractivity contribution in [1.29, 1.82) is 0 Å². The summed E-state index contributed by atoms with van der Waals surface area (Å²) >= 11 is 0. The highest BCUT2D eigenvalue weighted by molar-refractivity contribution is 5.92. The molecule has 2 rings (SSSR count). The second kappa shape index (κ2) is 5.91. The van der Waals surface area contributed by atoms with E-state index in [2.05, 4.69) is 15.0 Å². The van der Waals surface area contributed by atoms with Crippen molar-refractivity contribution >= 4 is 11.7 Å². The van der Waals surface area contributed by atoms with E-state index in [0.717, 1.165) is 0 Å². The standard InChI is InChI=1S/C12H20N6O2/c1-9(11(13)15-20)17-3-5-18(6-4-17)12(19)10-7-14-8-16(10)2/h7-9,20H,3-6H2,1-2H3,(H2,13,15). The van der Waals surface area contributed by atoms with Gasteiger partial charge in [0.25, 0.3) is 5.91 Å². The predicted molar refractivity (Wildman–Crippen MR) is 73.6 cm³/mol. The molecule has 110 valence electrons. The van der Waals surface area contributed by atoms with Gasteiger partial charge >= 0.3 is 0 Å². The van der Waals surface area contributed by atoms with Gasteiger partial charge in [-0.2, -0.15) is 0 Å². The van der Waals surface area contributed by atoms with Crippen LogP contribution in [0.3, 0.4) is 0 Å². The first-order valence-corrected chi connectivity index (χ1v) is 6.51. The fourth-order valence-corrected chi connectivity index (χ4v) is 2.31. The van der Waals surface area contributed by atoms with Gasteiger partial charge < -0.3 is 20.4 Å². The number of hydrogen-bond donors (Lipinski definition) is 2. The van der Waals surface area contributed by atoms with Crippen LogP contribution in [0.2, 0.25) is 0 Å². The van der Waals surface area contributed by atoms with Crippen LogP contribution >= 0.6 is 0 Å². The highest BCUT2D eigenvalue weighted by atomic mass is 16.4. The van der Waals surface area contributed by atoms with Crippen molar-refractivity contribution in [3.8, 4) is 0 Å². The van der Waals surface area contributed by atoms with Gasteiger partial charge in [0, 0.05) is 33.2 Å². The molecule has 0 aromatic carbocycles. The maximum Gasteiger partial charge on any atom is 0.272 e. The van der Waals surface area contributed by atoms with Crippen molar-refractivity contribution in [3.05, 3.63) is 18.2 Å². The van der Waals surface area contributed by atoms with Gasteiger partial charge in [-0.1, -0.05) is 5.16 Å². The second-order valence-corrected chi connectivity index (χ2v) is 4.92. The molecule has 8 nitrogen and oxygen atoms in total. The van der Waals surface area contributed by atoms with Crippen molar-refractivity contribution in [2.75, 3.05) is 26.2 Å². The summed E-state index contributed by atoms with van der Waals surface area (Å²) in [4.78, 5) is 20.2. The predicted octanol–water partition coefficient (Wildman–Crippen LogP) is -0.687. The largest absolute Gasteiger partial charge is 0.409 e. The third kappa shape index (κ3) is 2.74. The van der Waals surface area contributed by atoms with Crippen LogP contribution < -0.4 is 5.73 Å². The Balaban J connectivity index is 1.95. The number of carbonyl (C=O) groups excluding carboxylic acids is 1. The maximum atomic E-state index is 12.3. The zero-order chi connectivity index (χ0) is 14.7. The number of nitrogens with two attached hydrogens (primary N) is 1. The lowest BCUT2D eigenvalue weighted by Gasteiger charge is -2.37. The molecule has 0 spiro atoms. The number of hydrogen-bond acceptors (Lipinski definition) is 5. The Morgan fingerprint density at radius 1 is 1.45 bits per heavy atom. The smallest absolute Gasteiger partial charge is 0.272 e. The molecule has 0 bridgehead atoms. The topological polar surface area (TPSA) is 100.0 Å². The fourth-order valence-electron chi connectivity index (χ4n) is 2.31. The molecule has 1 aliphatic heterocycles. The summed E-state index contributed by atoms with van der Waals surface area (Å²) in [6, 6.07) is -0.131. The van der Waals surface area contributed by atoms with Crippen LogP contribution in [0.5, 0.6) is 0 Å². The average Bonchev–Trinajstić information content (AvgIpc) is 2.91. The van der Waals surface area contributed by atoms with Gasteiger partial charge in [0.2, 0.25) is 0 Å². The number of aryl methyl sites for hydroxylation is 1. The minimum absolute atomic E-state index is 0.0129. The summed E-state index contributed by atoms with van der Waals surface area (Å²) in [6.07, 6.45) is 3.19. The van der Waals surface area contributed by atoms with Crippen LogP contribution in [-0.2, 0) is 7.05 Å². The van der Waals surface area contributed by atoms with E-state index < -0.39 is 0 Å². The Kier molecular flexibility index (Phi) is 4.23. The average molecular weight is 280 g/mol. The first-order chi connectivity index (χ1) is 9.54. The quantitative estimate of drug-likeness (QED) is 0.330. The molecule has 1 saturated heterocycles. The van der Waals surface area contributed by atoms with Gasteiger partial charge in [-0.05, 0) is 6.92 Å². The molecule has 1 aliphatic rings. The Hall–Kier alpha value is -2.09. The van der Waals surface area contributed by atoms with E-state index in [4.69, 9.17) is 10.9 Å². The Morgan fingerprint density at radius 3 is 2.60 bits per heavy atom. The van der Waals surface area contributed by atoms with E-state index in [9.17, 15) is 4.79 Å². The molecule has 1 aromatic rings. The van der Waals surface area contributed by atoms with E-state index >= 15 is 0 Å². The number of amides is 1. The van der Waals surface area contributed by atoms with Gasteiger partial charge in [-0.25, -0.2) is 4.98 Å². The summed E-state index contributed by atoms with van der Waals surface area (Å²) < 4.78 is 1.72. The molecule has 1 unspecified atom stereocenters. The van der Waals surface area contributed by atoms with Crippen molar-refractivity contribution in [1.82, 2.24) is 19.4 Å². The van der Waals surface area contributed by atoms with Crippen molar-refractivity contribution in [2.45, 2.75) is 13.0 Å². The molecular formula is C12H20N6O2. The number of amidine groups is 1. The highest BCUT2D eigenvalue weighted by Gasteiger charge is 2.27. The normalized spacial score (nSPS) is 19.1. The SMILES string of the molecule is CC(C(N)=NO)N1CCN(C(=O)c2cncn2C)CC1. The van der Waals surface area contributed by atoms with Crippen LogP contribution in [0.15, 0.2) is 17.7 Å². The first-order valence-electron chi connectivity index (χ1n) is 6.51. The third-order valence-corrected chi connectivity index (χ3v) is 3.73. The van der Waals surface area contributed by atoms with Crippen LogP contribution in [0.4, 0.5) is 0 Å². The zero-order valence-electron chi connectivity index (χ0n) is 11.7. The number of aromatic nitrogens is 2. The highest BCUT2D eigenvalue weighted by Crippen LogP contribution is 2.10. The minimum atomic E-state index is -0.131. The van der Waals surface area contributed by atoms with E-state index in [-0.39, 0.29) is 17.8 Å². The van der Waals surface area contributed by atoms with Gasteiger partial charge in [0.15, 0.2) is 5.84 Å². The Bertz CT molecular complexity index is 504. The van der Waals surface area contributed by atoms with Crippen molar-refractivity contribution < 1.29 is 10.0 Å². The lowest BCUT2D eigenvalue weighted by Crippen LogP contribution is -2.54. The molecule has 2 heterocycles. The first kappa shape index (κ1) is 14.3. The summed E-state index contributed by atoms with van der Waals surface area (Å²) in [5.41, 5.74) is 6.19. The lowest BCUT2D eigenvalue weighted by atomic mass is 10.2. The second-order valence-electron chi connectivity index (χ2n) is 4.92. The van der Waals surface area contributed by atoms with E-state index in [1.807, 2.05) is 6.92 Å². The molecule has 20 heavy (non-hydrogen) atoms. The van der Waals surface area contributed by atoms with Gasteiger partial charge in [0.1, 0.15) is 5.69 Å². The molecular weight excluding hydrogens is 260 g/mol. The lowest BCUT2D eigenvalue weighted by molar-refractivity contribution is 0.0609. The summed E-state index contributed by atoms with van der Waals surface area (Å²) in [6.45, 7) is 4.51. The monoisotopic (exact) mass is 280 g/mol. The molecule has 1 amide bonds. The van der Waals surface area contributed by atoms with Crippen LogP contribution in [0, 0.1) is 0 Å². The minimum Gasteiger partial charge on any atom is -0.409 e. The summed E-state index contributed by atoms with van der Waals surface area (Å²) in [7, 11) is 1.80. The fraction of sp³-hybridized carbons (Fsp3) is 0.583. The number of imidazole rings is 1. The van der Waals surface area contributed by atoms with E-state index in [1.54, 1.807) is 29.0 Å². The number of piperazine rings is 1. The number of nitrogens with zero attached hydrogens (tertiary/aromatic N) is 5. The van der Waals surface area contributed by atoms with Gasteiger partial charge in [-0.3, -0.25) is 9.69 Å². The Morgan fingerprint density at radius 2 is 2.10 bits per heavy atom. The van der Waals surface area contributed by atoms with Gasteiger partial charge in [0.05, 0.1) is 18.6 Å². The molecule has 0 saturated carbocycles.